The van der Waals surface area contributed by atoms with Gasteiger partial charge in [-0.15, -0.1) is 0 Å². The lowest BCUT2D eigenvalue weighted by atomic mass is 9.82. The second kappa shape index (κ2) is 30.2. The van der Waals surface area contributed by atoms with E-state index < -0.39 is 0 Å². The molecule has 302 valence electrons. The van der Waals surface area contributed by atoms with Crippen molar-refractivity contribution in [2.45, 2.75) is 148 Å². The van der Waals surface area contributed by atoms with E-state index in [9.17, 15) is 0 Å². The number of unbranched alkanes of at least 4 members (excludes halogenated alkanes) is 1. The Hall–Kier alpha value is -4.08. The minimum absolute atomic E-state index is 0. The van der Waals surface area contributed by atoms with Crippen LogP contribution in [0.15, 0.2) is 155 Å². The maximum atomic E-state index is 4.65. The average Bonchev–Trinajstić information content (AvgIpc) is 3.55. The molecule has 0 saturated carbocycles. The second-order valence-electron chi connectivity index (χ2n) is 15.3. The van der Waals surface area contributed by atoms with Crippen LogP contribution in [0, 0.1) is 29.6 Å². The second-order valence-corrected chi connectivity index (χ2v) is 15.3. The SMILES string of the molecule is C.C.C.C=C/C(=C\C(C#CCc1ccccc1)=C1\CC(Cc2ccccc2)=C(C(=C)CCCC(C)C)C1)CC(C(=C)CC(C)C)/C(C)=C/C=C\C.CCCC. The minimum atomic E-state index is 0. The van der Waals surface area contributed by atoms with Crippen LogP contribution in [0.3, 0.4) is 0 Å². The molecular weight excluding hydrogens is 661 g/mol. The third-order valence-corrected chi connectivity index (χ3v) is 9.73. The topological polar surface area (TPSA) is 0 Å². The Morgan fingerprint density at radius 2 is 1.42 bits per heavy atom. The molecule has 0 saturated heterocycles. The quantitative estimate of drug-likeness (QED) is 0.0810. The molecule has 0 heterocycles. The first-order chi connectivity index (χ1) is 25.0. The number of hydrogen-bond acceptors (Lipinski definition) is 0. The number of allylic oxidation sites excluding steroid dienone is 13. The lowest BCUT2D eigenvalue weighted by Gasteiger charge is -2.23. The Bertz CT molecular complexity index is 1610. The molecule has 55 heavy (non-hydrogen) atoms. The lowest BCUT2D eigenvalue weighted by Crippen LogP contribution is -2.09. The van der Waals surface area contributed by atoms with Crippen LogP contribution in [0.5, 0.6) is 0 Å². The molecule has 0 fully saturated rings. The molecule has 0 aromatic heterocycles. The van der Waals surface area contributed by atoms with Crippen molar-refractivity contribution in [3.63, 3.8) is 0 Å². The molecule has 0 aliphatic heterocycles. The molecule has 2 aromatic carbocycles. The lowest BCUT2D eigenvalue weighted by molar-refractivity contribution is 0.555. The normalized spacial score (nSPS) is 14.1. The maximum absolute atomic E-state index is 4.65. The number of rotatable bonds is 18. The molecule has 0 nitrogen and oxygen atoms in total. The summed E-state index contributed by atoms with van der Waals surface area (Å²) in [7, 11) is 0. The van der Waals surface area contributed by atoms with E-state index >= 15 is 0 Å². The van der Waals surface area contributed by atoms with Crippen molar-refractivity contribution in [1.82, 2.24) is 0 Å². The van der Waals surface area contributed by atoms with Gasteiger partial charge in [0, 0.05) is 17.9 Å². The minimum Gasteiger partial charge on any atom is -0.0992 e. The van der Waals surface area contributed by atoms with Crippen molar-refractivity contribution in [1.29, 1.82) is 0 Å². The Morgan fingerprint density at radius 3 is 1.95 bits per heavy atom. The molecule has 1 unspecified atom stereocenters. The molecule has 1 aliphatic carbocycles. The molecule has 0 heteroatoms. The first-order valence-corrected chi connectivity index (χ1v) is 20.0. The fraction of sp³-hybridized carbons (Fsp3) is 0.455. The number of benzene rings is 2. The van der Waals surface area contributed by atoms with Crippen LogP contribution in [0.1, 0.15) is 147 Å². The van der Waals surface area contributed by atoms with Gasteiger partial charge in [-0.2, -0.15) is 0 Å². The van der Waals surface area contributed by atoms with Gasteiger partial charge < -0.3 is 0 Å². The van der Waals surface area contributed by atoms with Gasteiger partial charge in [-0.25, -0.2) is 0 Å². The zero-order valence-corrected chi connectivity index (χ0v) is 34.3. The van der Waals surface area contributed by atoms with Gasteiger partial charge in [0.1, 0.15) is 0 Å². The molecule has 0 amide bonds. The van der Waals surface area contributed by atoms with Gasteiger partial charge in [-0.3, -0.25) is 0 Å². The molecule has 1 atom stereocenters. The fourth-order valence-electron chi connectivity index (χ4n) is 6.56. The zero-order valence-electron chi connectivity index (χ0n) is 34.3. The zero-order chi connectivity index (χ0) is 38.3. The summed E-state index contributed by atoms with van der Waals surface area (Å²) in [6, 6.07) is 21.5. The van der Waals surface area contributed by atoms with Crippen LogP contribution in [0.4, 0.5) is 0 Å². The fourth-order valence-corrected chi connectivity index (χ4v) is 6.56. The maximum Gasteiger partial charge on any atom is 0.0344 e. The van der Waals surface area contributed by atoms with Crippen molar-refractivity contribution in [2.24, 2.45) is 17.8 Å². The first-order valence-electron chi connectivity index (χ1n) is 20.0. The van der Waals surface area contributed by atoms with Crippen molar-refractivity contribution in [3.05, 3.63) is 166 Å². The van der Waals surface area contributed by atoms with E-state index in [4.69, 9.17) is 0 Å². The van der Waals surface area contributed by atoms with E-state index in [1.54, 1.807) is 0 Å². The molecule has 0 spiro atoms. The molecule has 0 radical (unpaired) electrons. The third kappa shape index (κ3) is 20.4. The van der Waals surface area contributed by atoms with Crippen LogP contribution in [-0.2, 0) is 12.8 Å². The number of hydrogen-bond donors (Lipinski definition) is 0. The van der Waals surface area contributed by atoms with Gasteiger partial charge in [0.25, 0.3) is 0 Å². The third-order valence-electron chi connectivity index (χ3n) is 9.73. The Labute approximate surface area is 343 Å². The highest BCUT2D eigenvalue weighted by Crippen LogP contribution is 2.40. The summed E-state index contributed by atoms with van der Waals surface area (Å²) in [5, 5.41) is 0. The van der Waals surface area contributed by atoms with Gasteiger partial charge in [-0.1, -0.05) is 222 Å². The summed E-state index contributed by atoms with van der Waals surface area (Å²) >= 11 is 0. The summed E-state index contributed by atoms with van der Waals surface area (Å²) in [6.07, 6.45) is 22.4. The van der Waals surface area contributed by atoms with Gasteiger partial charge in [-0.05, 0) is 105 Å². The van der Waals surface area contributed by atoms with E-state index in [0.717, 1.165) is 50.5 Å². The summed E-state index contributed by atoms with van der Waals surface area (Å²) in [5.74, 6) is 8.75. The van der Waals surface area contributed by atoms with E-state index in [0.29, 0.717) is 11.8 Å². The monoisotopic (exact) mass is 743 g/mol. The van der Waals surface area contributed by atoms with Crippen LogP contribution >= 0.6 is 0 Å². The molecular formula is C55H82. The first kappa shape index (κ1) is 53.0. The van der Waals surface area contributed by atoms with E-state index in [1.165, 1.54) is 75.8 Å². The van der Waals surface area contributed by atoms with Gasteiger partial charge in [0.15, 0.2) is 0 Å². The van der Waals surface area contributed by atoms with E-state index in [2.05, 4.69) is 172 Å². The van der Waals surface area contributed by atoms with Crippen LogP contribution in [0.25, 0.3) is 0 Å². The summed E-state index contributed by atoms with van der Waals surface area (Å²) in [5.41, 5.74) is 13.2. The predicted molar refractivity (Wildman–Crippen MR) is 254 cm³/mol. The van der Waals surface area contributed by atoms with Gasteiger partial charge in [0.2, 0.25) is 0 Å². The molecule has 3 rings (SSSR count). The summed E-state index contributed by atoms with van der Waals surface area (Å²) in [6.45, 7) is 31.4. The van der Waals surface area contributed by atoms with E-state index in [-0.39, 0.29) is 28.2 Å². The van der Waals surface area contributed by atoms with Crippen molar-refractivity contribution < 1.29 is 0 Å². The van der Waals surface area contributed by atoms with Crippen LogP contribution in [0.2, 0.25) is 0 Å². The van der Waals surface area contributed by atoms with Crippen molar-refractivity contribution >= 4 is 0 Å². The molecule has 0 bridgehead atoms. The molecule has 1 aliphatic rings. The predicted octanol–water partition coefficient (Wildman–Crippen LogP) is 17.2. The summed E-state index contributed by atoms with van der Waals surface area (Å²) in [4.78, 5) is 0. The smallest absolute Gasteiger partial charge is 0.0344 e. The molecule has 2 aromatic rings. The Balaban J connectivity index is 0. The highest BCUT2D eigenvalue weighted by atomic mass is 14.3. The standard InChI is InChI=1S/C48H60.C4H10.3CH4/c1-10-12-22-38(7)47(40(9)30-37(5)6)33-41(11-2)31-44(29-20-28-42-24-15-13-16-25-42)45-34-46(32-43-26-17-14-18-27-43)48(35-45)39(8)23-19-21-36(3)4;1-3-4-2;;;/h10-18,22,24-27,31,36-37,47H,2,8-9,19,21,23,28,30,32-35H2,1,3-7H3;3-4H2,1-2H3;3*1H4/b12-10-,38-22+,41-31+,45-44-;;;;. The highest BCUT2D eigenvalue weighted by Gasteiger charge is 2.24. The average molecular weight is 743 g/mol. The highest BCUT2D eigenvalue weighted by molar-refractivity contribution is 5.55. The Kier molecular flexibility index (Phi) is 29.1. The van der Waals surface area contributed by atoms with Gasteiger partial charge >= 0.3 is 0 Å². The van der Waals surface area contributed by atoms with Crippen molar-refractivity contribution in [3.8, 4) is 11.8 Å². The van der Waals surface area contributed by atoms with Crippen molar-refractivity contribution in [2.75, 3.05) is 0 Å². The van der Waals surface area contributed by atoms with E-state index in [1.807, 2.05) is 6.08 Å². The largest absolute Gasteiger partial charge is 0.0992 e. The molecule has 0 N–H and O–H groups in total. The Morgan fingerprint density at radius 1 is 0.818 bits per heavy atom. The van der Waals surface area contributed by atoms with Gasteiger partial charge in [0.05, 0.1) is 0 Å². The van der Waals surface area contributed by atoms with Crippen LogP contribution in [-0.4, -0.2) is 0 Å². The van der Waals surface area contributed by atoms with Crippen LogP contribution < -0.4 is 0 Å². The summed E-state index contributed by atoms with van der Waals surface area (Å²) < 4.78 is 0.